The van der Waals surface area contributed by atoms with Crippen molar-refractivity contribution in [3.63, 3.8) is 0 Å². The van der Waals surface area contributed by atoms with E-state index >= 15 is 0 Å². The van der Waals surface area contributed by atoms with Crippen LogP contribution in [0.25, 0.3) is 10.6 Å². The zero-order chi connectivity index (χ0) is 16.3. The van der Waals surface area contributed by atoms with Crippen molar-refractivity contribution in [2.45, 2.75) is 19.8 Å². The van der Waals surface area contributed by atoms with E-state index < -0.39 is 16.8 Å². The minimum Gasteiger partial charge on any atom is -0.550 e. The Kier molecular flexibility index (Phi) is 6.50. The predicted molar refractivity (Wildman–Crippen MR) is 74.1 cm³/mol. The number of hydrogen-bond acceptors (Lipinski definition) is 8. The monoisotopic (exact) mass is 331 g/mol. The first-order valence-electron chi connectivity index (χ1n) is 6.08. The van der Waals surface area contributed by atoms with Crippen LogP contribution in [0.3, 0.4) is 0 Å². The van der Waals surface area contributed by atoms with Gasteiger partial charge in [-0.05, 0) is 19.4 Å². The summed E-state index contributed by atoms with van der Waals surface area (Å²) in [5.74, 6) is -1.93. The van der Waals surface area contributed by atoms with Crippen molar-refractivity contribution in [1.29, 1.82) is 0 Å². The van der Waals surface area contributed by atoms with E-state index in [1.807, 2.05) is 0 Å². The summed E-state index contributed by atoms with van der Waals surface area (Å²) in [4.78, 5) is 36.4. The third-order valence-electron chi connectivity index (χ3n) is 2.59. The van der Waals surface area contributed by atoms with Gasteiger partial charge in [0.25, 0.3) is 0 Å². The molecule has 0 saturated heterocycles. The van der Waals surface area contributed by atoms with E-state index in [2.05, 4.69) is 10.3 Å². The van der Waals surface area contributed by atoms with Crippen LogP contribution < -0.4 is 29.3 Å². The van der Waals surface area contributed by atoms with Crippen LogP contribution in [0, 0.1) is 17.0 Å². The van der Waals surface area contributed by atoms with E-state index in [9.17, 15) is 24.8 Å². The molecule has 0 aliphatic rings. The second-order valence-corrected chi connectivity index (χ2v) is 5.25. The number of aryl methyl sites for hydroxylation is 1. The fourth-order valence-electron chi connectivity index (χ4n) is 1.62. The normalized spacial score (nSPS) is 9.96. The number of amides is 1. The molecule has 1 amide bonds. The van der Waals surface area contributed by atoms with Crippen LogP contribution >= 0.6 is 11.3 Å². The minimum absolute atomic E-state index is 0. The number of anilines is 1. The third kappa shape index (κ3) is 4.92. The summed E-state index contributed by atoms with van der Waals surface area (Å²) in [6, 6.07) is 2.67. The number of carboxylic acid groups (broad SMARTS) is 1. The Morgan fingerprint density at radius 2 is 2.09 bits per heavy atom. The Hall–Kier alpha value is -2.15. The first-order valence-corrected chi connectivity index (χ1v) is 6.90. The Morgan fingerprint density at radius 3 is 2.65 bits per heavy atom. The van der Waals surface area contributed by atoms with Gasteiger partial charge in [0.15, 0.2) is 10.9 Å². The van der Waals surface area contributed by atoms with E-state index in [0.29, 0.717) is 10.6 Å². The van der Waals surface area contributed by atoms with Gasteiger partial charge in [-0.25, -0.2) is 4.98 Å². The molecular formula is C12H10LiN3O6S. The van der Waals surface area contributed by atoms with Gasteiger partial charge >= 0.3 is 24.7 Å². The van der Waals surface area contributed by atoms with Gasteiger partial charge in [-0.2, -0.15) is 0 Å². The van der Waals surface area contributed by atoms with E-state index in [1.54, 1.807) is 6.92 Å². The minimum atomic E-state index is -1.31. The molecule has 0 fully saturated rings. The molecule has 11 heteroatoms. The molecule has 0 atom stereocenters. The first kappa shape index (κ1) is 18.9. The molecule has 2 aromatic rings. The second kappa shape index (κ2) is 7.91. The molecule has 116 valence electrons. The van der Waals surface area contributed by atoms with Gasteiger partial charge in [0.2, 0.25) is 5.91 Å². The Morgan fingerprint density at radius 1 is 1.39 bits per heavy atom. The number of carbonyl (C=O) groups is 2. The zero-order valence-electron chi connectivity index (χ0n) is 12.3. The molecule has 2 heterocycles. The molecule has 23 heavy (non-hydrogen) atoms. The molecule has 0 spiro atoms. The van der Waals surface area contributed by atoms with Crippen LogP contribution in [-0.4, -0.2) is 21.8 Å². The van der Waals surface area contributed by atoms with Gasteiger partial charge in [0.05, 0.1) is 16.6 Å². The molecule has 9 nitrogen and oxygen atoms in total. The summed E-state index contributed by atoms with van der Waals surface area (Å²) >= 11 is 1.08. The van der Waals surface area contributed by atoms with Crippen molar-refractivity contribution >= 4 is 34.2 Å². The molecule has 0 unspecified atom stereocenters. The van der Waals surface area contributed by atoms with Crippen molar-refractivity contribution in [1.82, 2.24) is 4.98 Å². The predicted octanol–water partition coefficient (Wildman–Crippen LogP) is -1.91. The number of nitro groups is 1. The molecule has 1 N–H and O–H groups in total. The summed E-state index contributed by atoms with van der Waals surface area (Å²) in [5.41, 5.74) is 0.532. The maximum Gasteiger partial charge on any atom is 1.00 e. The van der Waals surface area contributed by atoms with Crippen molar-refractivity contribution in [3.05, 3.63) is 27.9 Å². The van der Waals surface area contributed by atoms with Crippen molar-refractivity contribution in [2.24, 2.45) is 0 Å². The number of nitrogens with one attached hydrogen (secondary N) is 1. The summed E-state index contributed by atoms with van der Waals surface area (Å²) in [6.07, 6.45) is -0.601. The third-order valence-corrected chi connectivity index (χ3v) is 3.68. The van der Waals surface area contributed by atoms with Gasteiger partial charge in [0.1, 0.15) is 4.92 Å². The average Bonchev–Trinajstić information content (AvgIpc) is 3.03. The smallest absolute Gasteiger partial charge is 0.550 e. The number of hydrogen-bond donors (Lipinski definition) is 1. The topological polar surface area (TPSA) is 138 Å². The Bertz CT molecular complexity index is 741. The summed E-state index contributed by atoms with van der Waals surface area (Å²) in [7, 11) is 0. The molecule has 0 radical (unpaired) electrons. The van der Waals surface area contributed by atoms with E-state index in [0.717, 1.165) is 11.3 Å². The molecule has 0 bridgehead atoms. The van der Waals surface area contributed by atoms with Gasteiger partial charge in [-0.1, -0.05) is 11.3 Å². The van der Waals surface area contributed by atoms with Crippen LogP contribution in [0.1, 0.15) is 18.5 Å². The number of aliphatic carboxylic acids is 1. The maximum absolute atomic E-state index is 11.5. The second-order valence-electron chi connectivity index (χ2n) is 4.25. The molecule has 0 aliphatic heterocycles. The number of rotatable bonds is 6. The summed E-state index contributed by atoms with van der Waals surface area (Å²) in [5, 5.41) is 23.6. The number of thiazole rings is 1. The maximum atomic E-state index is 11.5. The summed E-state index contributed by atoms with van der Waals surface area (Å²) in [6.45, 7) is 1.66. The van der Waals surface area contributed by atoms with Crippen molar-refractivity contribution < 1.29 is 42.9 Å². The first-order chi connectivity index (χ1) is 10.4. The van der Waals surface area contributed by atoms with Gasteiger partial charge < -0.3 is 19.6 Å². The molecule has 0 saturated carbocycles. The largest absolute Gasteiger partial charge is 1.00 e. The molecular weight excluding hydrogens is 321 g/mol. The van der Waals surface area contributed by atoms with Crippen molar-refractivity contribution in [3.8, 4) is 10.6 Å². The van der Waals surface area contributed by atoms with Crippen LogP contribution in [-0.2, 0) is 9.59 Å². The zero-order valence-corrected chi connectivity index (χ0v) is 13.1. The number of nitrogens with zero attached hydrogens (tertiary/aromatic N) is 2. The molecule has 2 aromatic heterocycles. The summed E-state index contributed by atoms with van der Waals surface area (Å²) < 4.78 is 5.08. The fraction of sp³-hybridized carbons (Fsp3) is 0.250. The molecule has 0 aromatic carbocycles. The van der Waals surface area contributed by atoms with Crippen LogP contribution in [0.5, 0.6) is 0 Å². The van der Waals surface area contributed by atoms with E-state index in [4.69, 9.17) is 4.42 Å². The standard InChI is InChI=1S/C12H11N3O6S.Li/c1-6-11(7-2-4-9(21-7)15(19)20)22-12(13-6)14-8(16)3-5-10(17)18;/h2,4H,3,5H2,1H3,(H,17,18)(H,13,14,16);/q;+1/p-1. The number of carboxylic acids is 1. The quantitative estimate of drug-likeness (QED) is 0.370. The molecule has 2 rings (SSSR count). The Labute approximate surface area is 146 Å². The van der Waals surface area contributed by atoms with E-state index in [1.165, 1.54) is 12.1 Å². The van der Waals surface area contributed by atoms with Crippen LogP contribution in [0.15, 0.2) is 16.5 Å². The SMILES string of the molecule is Cc1nc(NC(=O)CCC(=O)[O-])sc1-c1ccc([N+](=O)[O-])o1.[Li+]. The van der Waals surface area contributed by atoms with Gasteiger partial charge in [-0.3, -0.25) is 14.9 Å². The number of furan rings is 1. The Balaban J connectivity index is 0.00000264. The van der Waals surface area contributed by atoms with Gasteiger partial charge in [0, 0.05) is 12.4 Å². The number of aromatic nitrogens is 1. The van der Waals surface area contributed by atoms with Gasteiger partial charge in [-0.15, -0.1) is 0 Å². The van der Waals surface area contributed by atoms with Crippen LogP contribution in [0.4, 0.5) is 11.0 Å². The number of carbonyl (C=O) groups excluding carboxylic acids is 2. The molecule has 0 aliphatic carbocycles. The van der Waals surface area contributed by atoms with Crippen LogP contribution in [0.2, 0.25) is 0 Å². The van der Waals surface area contributed by atoms with Crippen molar-refractivity contribution in [2.75, 3.05) is 5.32 Å². The van der Waals surface area contributed by atoms with E-state index in [-0.39, 0.29) is 48.5 Å². The fourth-order valence-corrected chi connectivity index (χ4v) is 2.57. The average molecular weight is 331 g/mol.